The van der Waals surface area contributed by atoms with Crippen molar-refractivity contribution in [3.05, 3.63) is 49.3 Å². The van der Waals surface area contributed by atoms with Gasteiger partial charge in [-0.15, -0.1) is 0 Å². The van der Waals surface area contributed by atoms with Crippen LogP contribution in [0, 0.1) is 0 Å². The molecule has 0 radical (unpaired) electrons. The van der Waals surface area contributed by atoms with Crippen molar-refractivity contribution in [1.29, 1.82) is 0 Å². The molecule has 0 amide bonds. The maximum Gasteiger partial charge on any atom is 0.278 e. The Morgan fingerprint density at radius 3 is 2.70 bits per heavy atom. The lowest BCUT2D eigenvalue weighted by atomic mass is 10.4. The van der Waals surface area contributed by atoms with Gasteiger partial charge in [0.1, 0.15) is 12.1 Å². The van der Waals surface area contributed by atoms with Crippen LogP contribution < -0.4 is 4.72 Å². The van der Waals surface area contributed by atoms with Gasteiger partial charge >= 0.3 is 0 Å². The molecule has 0 saturated carbocycles. The topological polar surface area (TPSA) is 106 Å². The maximum atomic E-state index is 12.0. The van der Waals surface area contributed by atoms with Gasteiger partial charge in [0.05, 0.1) is 18.1 Å². The van der Waals surface area contributed by atoms with E-state index in [4.69, 9.17) is 0 Å². The Kier molecular flexibility index (Phi) is 2.95. The first-order valence-electron chi connectivity index (χ1n) is 5.62. The summed E-state index contributed by atoms with van der Waals surface area (Å²) in [5.74, 6) is 0.645. The minimum Gasteiger partial charge on any atom is -0.291 e. The summed E-state index contributed by atoms with van der Waals surface area (Å²) in [6, 6.07) is 4.68. The Bertz CT molecular complexity index is 778. The highest BCUT2D eigenvalue weighted by Gasteiger charge is 2.15. The van der Waals surface area contributed by atoms with Crippen LogP contribution in [0.2, 0.25) is 0 Å². The third kappa shape index (κ3) is 2.38. The van der Waals surface area contributed by atoms with Gasteiger partial charge in [-0.1, -0.05) is 0 Å². The molecule has 9 heteroatoms. The van der Waals surface area contributed by atoms with E-state index in [0.29, 0.717) is 11.5 Å². The number of aromatic amines is 1. The predicted molar refractivity (Wildman–Crippen MR) is 70.8 cm³/mol. The molecule has 0 aliphatic carbocycles. The van der Waals surface area contributed by atoms with Crippen LogP contribution in [0.3, 0.4) is 0 Å². The van der Waals surface area contributed by atoms with Gasteiger partial charge in [-0.2, -0.15) is 13.5 Å². The lowest BCUT2D eigenvalue weighted by Gasteiger charge is -2.06. The second-order valence-electron chi connectivity index (χ2n) is 3.90. The zero-order valence-electron chi connectivity index (χ0n) is 10.1. The number of nitrogens with zero attached hydrogens (tertiary/aromatic N) is 4. The number of H-pyrrole nitrogens is 1. The van der Waals surface area contributed by atoms with Gasteiger partial charge in [-0.3, -0.25) is 14.4 Å². The molecule has 20 heavy (non-hydrogen) atoms. The van der Waals surface area contributed by atoms with Gasteiger partial charge in [-0.25, -0.2) is 9.97 Å². The molecule has 0 atom stereocenters. The molecule has 0 aliphatic heterocycles. The van der Waals surface area contributed by atoms with Gasteiger partial charge in [0.25, 0.3) is 10.0 Å². The fourth-order valence-electron chi connectivity index (χ4n) is 1.60. The molecule has 0 spiro atoms. The van der Waals surface area contributed by atoms with Crippen molar-refractivity contribution in [2.75, 3.05) is 4.72 Å². The van der Waals surface area contributed by atoms with Crippen molar-refractivity contribution in [2.24, 2.45) is 0 Å². The Hall–Kier alpha value is -2.68. The van der Waals surface area contributed by atoms with E-state index in [2.05, 4.69) is 24.9 Å². The lowest BCUT2D eigenvalue weighted by Crippen LogP contribution is -2.13. The zero-order chi connectivity index (χ0) is 14.0. The summed E-state index contributed by atoms with van der Waals surface area (Å²) < 4.78 is 28.0. The van der Waals surface area contributed by atoms with Crippen LogP contribution in [0.1, 0.15) is 0 Å². The third-order valence-corrected chi connectivity index (χ3v) is 3.84. The molecule has 102 valence electrons. The number of nitrogens with one attached hydrogen (secondary N) is 2. The number of rotatable bonds is 4. The van der Waals surface area contributed by atoms with Gasteiger partial charge in [0.15, 0.2) is 5.03 Å². The highest BCUT2D eigenvalue weighted by molar-refractivity contribution is 7.92. The van der Waals surface area contributed by atoms with E-state index < -0.39 is 10.0 Å². The molecule has 3 aromatic heterocycles. The van der Waals surface area contributed by atoms with Gasteiger partial charge in [-0.05, 0) is 18.2 Å². The summed E-state index contributed by atoms with van der Waals surface area (Å²) >= 11 is 0. The summed E-state index contributed by atoms with van der Waals surface area (Å²) in [6.07, 6.45) is 7.79. The summed E-state index contributed by atoms with van der Waals surface area (Å²) in [6.45, 7) is 0. The number of hydrogen-bond acceptors (Lipinski definition) is 5. The Balaban J connectivity index is 1.83. The molecule has 0 aliphatic rings. The van der Waals surface area contributed by atoms with Crippen LogP contribution in [0.4, 0.5) is 5.69 Å². The van der Waals surface area contributed by atoms with Gasteiger partial charge in [0, 0.05) is 12.4 Å². The van der Waals surface area contributed by atoms with E-state index in [1.165, 1.54) is 18.5 Å². The minimum atomic E-state index is -3.66. The van der Waals surface area contributed by atoms with E-state index in [0.717, 1.165) is 0 Å². The highest BCUT2D eigenvalue weighted by Crippen LogP contribution is 2.14. The molecule has 3 heterocycles. The quantitative estimate of drug-likeness (QED) is 0.739. The first-order chi connectivity index (χ1) is 9.65. The number of pyridine rings is 1. The molecule has 2 N–H and O–H groups in total. The Morgan fingerprint density at radius 1 is 1.20 bits per heavy atom. The monoisotopic (exact) mass is 290 g/mol. The van der Waals surface area contributed by atoms with E-state index in [9.17, 15) is 8.42 Å². The van der Waals surface area contributed by atoms with Crippen molar-refractivity contribution in [3.8, 4) is 5.82 Å². The van der Waals surface area contributed by atoms with Crippen LogP contribution >= 0.6 is 0 Å². The predicted octanol–water partition coefficient (Wildman–Crippen LogP) is 0.791. The first-order valence-corrected chi connectivity index (χ1v) is 7.10. The second-order valence-corrected chi connectivity index (χ2v) is 5.55. The van der Waals surface area contributed by atoms with Crippen molar-refractivity contribution < 1.29 is 8.42 Å². The molecule has 0 aromatic carbocycles. The number of anilines is 1. The first kappa shape index (κ1) is 12.4. The fraction of sp³-hybridized carbons (Fsp3) is 0. The van der Waals surface area contributed by atoms with Crippen LogP contribution in [0.5, 0.6) is 0 Å². The van der Waals surface area contributed by atoms with Crippen molar-refractivity contribution in [3.63, 3.8) is 0 Å². The summed E-state index contributed by atoms with van der Waals surface area (Å²) in [5.41, 5.74) is 0.364. The third-order valence-electron chi connectivity index (χ3n) is 2.53. The minimum absolute atomic E-state index is 0.00353. The highest BCUT2D eigenvalue weighted by atomic mass is 32.2. The standard InChI is InChI=1S/C11H10N6O2S/c18-20(19,11-3-4-14-15-11)16-9-1-2-10(13-7-9)17-6-5-12-8-17/h1-8,16H,(H,14,15). The summed E-state index contributed by atoms with van der Waals surface area (Å²) in [5, 5.41) is 6.00. The van der Waals surface area contributed by atoms with Crippen LogP contribution in [0.15, 0.2) is 54.3 Å². The molecular weight excluding hydrogens is 280 g/mol. The maximum absolute atomic E-state index is 12.0. The van der Waals surface area contributed by atoms with Gasteiger partial charge in [0.2, 0.25) is 0 Å². The lowest BCUT2D eigenvalue weighted by molar-refractivity contribution is 0.597. The van der Waals surface area contributed by atoms with E-state index in [1.54, 1.807) is 35.4 Å². The molecule has 0 saturated heterocycles. The number of sulfonamides is 1. The van der Waals surface area contributed by atoms with E-state index in [-0.39, 0.29) is 5.03 Å². The zero-order valence-corrected chi connectivity index (χ0v) is 10.9. The van der Waals surface area contributed by atoms with E-state index in [1.807, 2.05) is 0 Å². The fourth-order valence-corrected chi connectivity index (χ4v) is 2.55. The second kappa shape index (κ2) is 4.78. The van der Waals surface area contributed by atoms with Gasteiger partial charge < -0.3 is 0 Å². The Labute approximate surface area is 114 Å². The molecule has 3 rings (SSSR count). The number of imidazole rings is 1. The number of aromatic nitrogens is 5. The summed E-state index contributed by atoms with van der Waals surface area (Å²) in [7, 11) is -3.66. The molecule has 3 aromatic rings. The SMILES string of the molecule is O=S(=O)(Nc1ccc(-n2ccnc2)nc1)c1ccn[nH]1. The molecular formula is C11H10N6O2S. The van der Waals surface area contributed by atoms with Crippen LogP contribution in [-0.4, -0.2) is 33.2 Å². The normalized spacial score (nSPS) is 11.4. The average molecular weight is 290 g/mol. The average Bonchev–Trinajstić information content (AvgIpc) is 3.13. The largest absolute Gasteiger partial charge is 0.291 e. The molecule has 0 unspecified atom stereocenters. The van der Waals surface area contributed by atoms with Crippen LogP contribution in [0.25, 0.3) is 5.82 Å². The smallest absolute Gasteiger partial charge is 0.278 e. The summed E-state index contributed by atoms with van der Waals surface area (Å²) in [4.78, 5) is 8.07. The molecule has 8 nitrogen and oxygen atoms in total. The molecule has 0 fully saturated rings. The Morgan fingerprint density at radius 2 is 2.10 bits per heavy atom. The van der Waals surface area contributed by atoms with Crippen LogP contribution in [-0.2, 0) is 10.0 Å². The number of hydrogen-bond donors (Lipinski definition) is 2. The van der Waals surface area contributed by atoms with Crippen molar-refractivity contribution in [1.82, 2.24) is 24.7 Å². The van der Waals surface area contributed by atoms with Crippen molar-refractivity contribution >= 4 is 15.7 Å². The van der Waals surface area contributed by atoms with Crippen molar-refractivity contribution in [2.45, 2.75) is 5.03 Å². The van der Waals surface area contributed by atoms with E-state index >= 15 is 0 Å². The molecule has 0 bridgehead atoms.